The van der Waals surface area contributed by atoms with E-state index in [1.54, 1.807) is 16.7 Å². The lowest BCUT2D eigenvalue weighted by Gasteiger charge is -2.13. The number of nitrogens with zero attached hydrogens (tertiary/aromatic N) is 3. The highest BCUT2D eigenvalue weighted by Crippen LogP contribution is 2.35. The zero-order valence-corrected chi connectivity index (χ0v) is 18.9. The molecule has 11 heteroatoms. The molecule has 0 spiro atoms. The van der Waals surface area contributed by atoms with Crippen molar-refractivity contribution < 1.29 is 27.8 Å². The second kappa shape index (κ2) is 11.2. The number of carboxylic acids is 1. The molecule has 3 rings (SSSR count). The maximum atomic E-state index is 13.4. The summed E-state index contributed by atoms with van der Waals surface area (Å²) in [5.41, 5.74) is 0.831. The van der Waals surface area contributed by atoms with Gasteiger partial charge in [-0.05, 0) is 52.7 Å². The minimum atomic E-state index is -4.54. The van der Waals surface area contributed by atoms with Crippen LogP contribution in [0.1, 0.15) is 27.0 Å². The second-order valence-electron chi connectivity index (χ2n) is 6.80. The average molecular weight is 496 g/mol. The molecule has 0 aliphatic heterocycles. The molecule has 2 aromatic heterocycles. The van der Waals surface area contributed by atoms with Gasteiger partial charge in [-0.2, -0.15) is 29.6 Å². The number of ether oxygens (including phenoxy) is 1. The molecule has 33 heavy (non-hydrogen) atoms. The number of carbonyl (C=O) groups is 1. The maximum absolute atomic E-state index is 13.4. The highest BCUT2D eigenvalue weighted by atomic mass is 32.2. The van der Waals surface area contributed by atoms with Crippen LogP contribution in [0, 0.1) is 0 Å². The first-order chi connectivity index (χ1) is 15.8. The molecule has 0 aliphatic carbocycles. The summed E-state index contributed by atoms with van der Waals surface area (Å²) in [6.07, 6.45) is -1.29. The maximum Gasteiger partial charge on any atom is 0.416 e. The molecule has 0 unspecified atom stereocenters. The highest BCUT2D eigenvalue weighted by molar-refractivity contribution is 8.02. The number of aryl methyl sites for hydroxylation is 1. The SMILES string of the molecule is C=N/C(=C\SCCn1cc(C(=O)O)cn1)c1cc(OCCc2ccsc2)cc(C(F)(F)F)c1. The molecule has 174 valence electrons. The van der Waals surface area contributed by atoms with Crippen molar-refractivity contribution >= 4 is 41.5 Å². The fraction of sp³-hybridized carbons (Fsp3) is 0.227. The molecule has 6 nitrogen and oxygen atoms in total. The molecular weight excluding hydrogens is 475 g/mol. The lowest BCUT2D eigenvalue weighted by Crippen LogP contribution is -2.07. The molecule has 1 aromatic carbocycles. The van der Waals surface area contributed by atoms with Gasteiger partial charge in [0.05, 0.1) is 36.2 Å². The lowest BCUT2D eigenvalue weighted by molar-refractivity contribution is -0.137. The quantitative estimate of drug-likeness (QED) is 0.272. The first-order valence-electron chi connectivity index (χ1n) is 9.67. The molecular formula is C22H20F3N3O3S2. The van der Waals surface area contributed by atoms with Gasteiger partial charge in [0, 0.05) is 23.9 Å². The predicted molar refractivity (Wildman–Crippen MR) is 124 cm³/mol. The van der Waals surface area contributed by atoms with Crippen LogP contribution in [0.2, 0.25) is 0 Å². The molecule has 0 amide bonds. The van der Waals surface area contributed by atoms with Crippen LogP contribution < -0.4 is 4.74 Å². The third kappa shape index (κ3) is 7.22. The Bertz CT molecular complexity index is 1130. The van der Waals surface area contributed by atoms with Crippen molar-refractivity contribution in [3.63, 3.8) is 0 Å². The van der Waals surface area contributed by atoms with E-state index in [0.717, 1.165) is 17.7 Å². The number of carboxylic acid groups (broad SMARTS) is 1. The summed E-state index contributed by atoms with van der Waals surface area (Å²) in [4.78, 5) is 14.8. The molecule has 0 aliphatic rings. The van der Waals surface area contributed by atoms with Crippen LogP contribution in [0.15, 0.2) is 57.8 Å². The van der Waals surface area contributed by atoms with Gasteiger partial charge in [-0.15, -0.1) is 11.8 Å². The van der Waals surface area contributed by atoms with Gasteiger partial charge < -0.3 is 9.84 Å². The molecule has 0 saturated heterocycles. The molecule has 3 aromatic rings. The Morgan fingerprint density at radius 3 is 2.79 bits per heavy atom. The van der Waals surface area contributed by atoms with Gasteiger partial charge in [0.1, 0.15) is 5.75 Å². The Balaban J connectivity index is 1.69. The summed E-state index contributed by atoms with van der Waals surface area (Å²) in [6.45, 7) is 4.14. The second-order valence-corrected chi connectivity index (χ2v) is 8.56. The third-order valence-electron chi connectivity index (χ3n) is 4.45. The van der Waals surface area contributed by atoms with Crippen LogP contribution >= 0.6 is 23.1 Å². The Kier molecular flexibility index (Phi) is 8.34. The fourth-order valence-corrected chi connectivity index (χ4v) is 4.27. The number of alkyl halides is 3. The van der Waals surface area contributed by atoms with Gasteiger partial charge in [-0.3, -0.25) is 9.67 Å². The number of thiophene rings is 1. The summed E-state index contributed by atoms with van der Waals surface area (Å²) < 4.78 is 47.4. The number of aromatic carboxylic acids is 1. The lowest BCUT2D eigenvalue weighted by atomic mass is 10.1. The van der Waals surface area contributed by atoms with Crippen LogP contribution in [-0.2, 0) is 19.1 Å². The Hall–Kier alpha value is -3.05. The summed E-state index contributed by atoms with van der Waals surface area (Å²) in [5.74, 6) is -0.458. The number of aromatic nitrogens is 2. The van der Waals surface area contributed by atoms with E-state index >= 15 is 0 Å². The third-order valence-corrected chi connectivity index (χ3v) is 5.99. The molecule has 1 N–H and O–H groups in total. The predicted octanol–water partition coefficient (Wildman–Crippen LogP) is 5.72. The van der Waals surface area contributed by atoms with Crippen molar-refractivity contribution in [2.75, 3.05) is 12.4 Å². The van der Waals surface area contributed by atoms with E-state index in [-0.39, 0.29) is 29.2 Å². The van der Waals surface area contributed by atoms with Crippen molar-refractivity contribution in [3.05, 3.63) is 75.1 Å². The first kappa shape index (κ1) is 24.6. The Morgan fingerprint density at radius 2 is 2.15 bits per heavy atom. The number of thioether (sulfide) groups is 1. The first-order valence-corrected chi connectivity index (χ1v) is 11.7. The van der Waals surface area contributed by atoms with Crippen molar-refractivity contribution in [2.24, 2.45) is 4.99 Å². The van der Waals surface area contributed by atoms with Gasteiger partial charge in [0.25, 0.3) is 0 Å². The van der Waals surface area contributed by atoms with Crippen LogP contribution in [0.25, 0.3) is 5.70 Å². The van der Waals surface area contributed by atoms with E-state index in [4.69, 9.17) is 9.84 Å². The summed E-state index contributed by atoms with van der Waals surface area (Å²) in [6, 6.07) is 5.44. The van der Waals surface area contributed by atoms with E-state index in [0.29, 0.717) is 18.7 Å². The topological polar surface area (TPSA) is 76.7 Å². The van der Waals surface area contributed by atoms with E-state index < -0.39 is 17.7 Å². The van der Waals surface area contributed by atoms with Gasteiger partial charge >= 0.3 is 12.1 Å². The van der Waals surface area contributed by atoms with Gasteiger partial charge in [0.2, 0.25) is 0 Å². The van der Waals surface area contributed by atoms with E-state index in [2.05, 4.69) is 16.8 Å². The van der Waals surface area contributed by atoms with Gasteiger partial charge in [-0.25, -0.2) is 4.79 Å². The van der Waals surface area contributed by atoms with E-state index in [1.165, 1.54) is 34.9 Å². The minimum Gasteiger partial charge on any atom is -0.493 e. The van der Waals surface area contributed by atoms with Crippen LogP contribution in [-0.4, -0.2) is 39.9 Å². The highest BCUT2D eigenvalue weighted by Gasteiger charge is 2.31. The number of halogens is 3. The van der Waals surface area contributed by atoms with Gasteiger partial charge in [-0.1, -0.05) is 0 Å². The Labute approximate surface area is 196 Å². The number of rotatable bonds is 11. The fourth-order valence-electron chi connectivity index (χ4n) is 2.79. The average Bonchev–Trinajstić information content (AvgIpc) is 3.45. The zero-order valence-electron chi connectivity index (χ0n) is 17.3. The zero-order chi connectivity index (χ0) is 23.8. The number of aliphatic imine (C=N–C) groups is 1. The smallest absolute Gasteiger partial charge is 0.416 e. The molecule has 2 heterocycles. The molecule has 0 radical (unpaired) electrons. The van der Waals surface area contributed by atoms with Crippen LogP contribution in [0.3, 0.4) is 0 Å². The monoisotopic (exact) mass is 495 g/mol. The molecule has 0 saturated carbocycles. The Morgan fingerprint density at radius 1 is 1.33 bits per heavy atom. The van der Waals surface area contributed by atoms with Crippen molar-refractivity contribution in [1.29, 1.82) is 0 Å². The molecule has 0 fully saturated rings. The van der Waals surface area contributed by atoms with Crippen molar-refractivity contribution in [2.45, 2.75) is 19.1 Å². The number of benzene rings is 1. The van der Waals surface area contributed by atoms with Crippen molar-refractivity contribution in [3.8, 4) is 5.75 Å². The number of hydrogen-bond acceptors (Lipinski definition) is 6. The summed E-state index contributed by atoms with van der Waals surface area (Å²) in [7, 11) is 0. The molecule has 0 bridgehead atoms. The summed E-state index contributed by atoms with van der Waals surface area (Å²) in [5, 5.41) is 18.4. The minimum absolute atomic E-state index is 0.0829. The van der Waals surface area contributed by atoms with Crippen LogP contribution in [0.4, 0.5) is 13.2 Å². The van der Waals surface area contributed by atoms with E-state index in [1.807, 2.05) is 16.8 Å². The van der Waals surface area contributed by atoms with Crippen LogP contribution in [0.5, 0.6) is 5.75 Å². The van der Waals surface area contributed by atoms with Gasteiger partial charge in [0.15, 0.2) is 0 Å². The standard InChI is InChI=1S/C22H20F3N3O3S2/c1-26-20(14-33-7-4-28-12-17(11-27-28)21(29)30)16-8-18(22(23,24)25)10-19(9-16)31-5-2-15-3-6-32-13-15/h3,6,8-14H,1-2,4-5,7H2,(H,29,30)/b20-14-. The summed E-state index contributed by atoms with van der Waals surface area (Å²) >= 11 is 2.85. The largest absolute Gasteiger partial charge is 0.493 e. The normalized spacial score (nSPS) is 12.0. The van der Waals surface area contributed by atoms with Crippen molar-refractivity contribution in [1.82, 2.24) is 9.78 Å². The number of hydrogen-bond donors (Lipinski definition) is 1. The molecule has 0 atom stereocenters. The van der Waals surface area contributed by atoms with E-state index in [9.17, 15) is 18.0 Å².